The zero-order valence-corrected chi connectivity index (χ0v) is 12.5. The third-order valence-electron chi connectivity index (χ3n) is 2.36. The van der Waals surface area contributed by atoms with E-state index in [4.69, 9.17) is 27.9 Å². The number of pyridine rings is 1. The number of benzene rings is 1. The largest absolute Gasteiger partial charge is 0.487 e. The molecular weight excluding hydrogens is 337 g/mol. The maximum absolute atomic E-state index is 6.14. The van der Waals surface area contributed by atoms with Crippen LogP contribution >= 0.6 is 39.1 Å². The summed E-state index contributed by atoms with van der Waals surface area (Å²) in [6.45, 7) is 0.448. The van der Waals surface area contributed by atoms with Gasteiger partial charge in [0.1, 0.15) is 12.4 Å². The summed E-state index contributed by atoms with van der Waals surface area (Å²) in [5.41, 5.74) is 1.97. The van der Waals surface area contributed by atoms with Crippen molar-refractivity contribution in [3.05, 3.63) is 57.8 Å². The Labute approximate surface area is 124 Å². The number of ether oxygens (including phenoxy) is 1. The Bertz CT molecular complexity index is 534. The minimum absolute atomic E-state index is 0.448. The van der Waals surface area contributed by atoms with Crippen LogP contribution in [0.1, 0.15) is 11.1 Å². The maximum Gasteiger partial charge on any atom is 0.142 e. The number of hydrogen-bond donors (Lipinski definition) is 0. The van der Waals surface area contributed by atoms with E-state index in [1.165, 1.54) is 0 Å². The molecule has 0 atom stereocenters. The number of nitrogens with zero attached hydrogens (tertiary/aromatic N) is 1. The lowest BCUT2D eigenvalue weighted by Crippen LogP contribution is -1.98. The Kier molecular flexibility index (Phi) is 4.87. The summed E-state index contributed by atoms with van der Waals surface area (Å²) in [5.74, 6) is 0.662. The van der Waals surface area contributed by atoms with Crippen LogP contribution in [0.4, 0.5) is 0 Å². The van der Waals surface area contributed by atoms with Crippen molar-refractivity contribution in [2.75, 3.05) is 0 Å². The second-order valence-electron chi connectivity index (χ2n) is 3.65. The van der Waals surface area contributed by atoms with Gasteiger partial charge in [0.25, 0.3) is 0 Å². The average Bonchev–Trinajstić information content (AvgIpc) is 2.38. The lowest BCUT2D eigenvalue weighted by atomic mass is 10.2. The number of aromatic nitrogens is 1. The molecule has 0 saturated carbocycles. The van der Waals surface area contributed by atoms with E-state index in [-0.39, 0.29) is 0 Å². The van der Waals surface area contributed by atoms with Gasteiger partial charge in [0.05, 0.1) is 5.02 Å². The highest BCUT2D eigenvalue weighted by Crippen LogP contribution is 2.34. The molecule has 2 nitrogen and oxygen atoms in total. The van der Waals surface area contributed by atoms with E-state index in [2.05, 4.69) is 20.9 Å². The Morgan fingerprint density at radius 1 is 1.17 bits per heavy atom. The Hall–Kier alpha value is -0.770. The van der Waals surface area contributed by atoms with Crippen LogP contribution in [-0.2, 0) is 11.9 Å². The van der Waals surface area contributed by atoms with Gasteiger partial charge in [0, 0.05) is 28.3 Å². The predicted molar refractivity (Wildman–Crippen MR) is 77.7 cm³/mol. The number of halogens is 3. The zero-order chi connectivity index (χ0) is 13.0. The third-order valence-corrected chi connectivity index (χ3v) is 3.46. The first kappa shape index (κ1) is 13.7. The predicted octanol–water partition coefficient (Wildman–Crippen LogP) is 4.86. The van der Waals surface area contributed by atoms with Crippen LogP contribution in [0.15, 0.2) is 36.7 Å². The molecule has 0 unspecified atom stereocenters. The van der Waals surface area contributed by atoms with E-state index in [0.717, 1.165) is 11.1 Å². The molecule has 0 aliphatic carbocycles. The molecule has 0 amide bonds. The summed E-state index contributed by atoms with van der Waals surface area (Å²) in [7, 11) is 0. The molecule has 0 aliphatic heterocycles. The Balaban J connectivity index is 2.19. The lowest BCUT2D eigenvalue weighted by Gasteiger charge is -2.12. The van der Waals surface area contributed by atoms with Crippen molar-refractivity contribution < 1.29 is 4.74 Å². The van der Waals surface area contributed by atoms with Gasteiger partial charge in [-0.3, -0.25) is 4.98 Å². The monoisotopic (exact) mass is 345 g/mol. The molecule has 2 aromatic rings. The smallest absolute Gasteiger partial charge is 0.142 e. The summed E-state index contributed by atoms with van der Waals surface area (Å²) in [6.07, 6.45) is 3.46. The maximum atomic E-state index is 6.14. The van der Waals surface area contributed by atoms with Gasteiger partial charge in [0.15, 0.2) is 0 Å². The van der Waals surface area contributed by atoms with Crippen molar-refractivity contribution in [1.29, 1.82) is 0 Å². The van der Waals surface area contributed by atoms with Gasteiger partial charge < -0.3 is 4.74 Å². The molecule has 1 aromatic carbocycles. The minimum atomic E-state index is 0.448. The van der Waals surface area contributed by atoms with Gasteiger partial charge in [-0.2, -0.15) is 0 Å². The van der Waals surface area contributed by atoms with Crippen LogP contribution in [0.3, 0.4) is 0 Å². The van der Waals surface area contributed by atoms with Gasteiger partial charge in [-0.05, 0) is 29.8 Å². The molecule has 94 valence electrons. The molecule has 0 saturated heterocycles. The van der Waals surface area contributed by atoms with Crippen LogP contribution in [0.5, 0.6) is 5.75 Å². The van der Waals surface area contributed by atoms with Crippen molar-refractivity contribution in [3.8, 4) is 5.75 Å². The second kappa shape index (κ2) is 6.41. The van der Waals surface area contributed by atoms with E-state index in [1.807, 2.05) is 18.2 Å². The van der Waals surface area contributed by atoms with Gasteiger partial charge >= 0.3 is 0 Å². The normalized spacial score (nSPS) is 10.4. The second-order valence-corrected chi connectivity index (χ2v) is 5.06. The van der Waals surface area contributed by atoms with E-state index in [0.29, 0.717) is 27.7 Å². The standard InChI is InChI=1S/C13H10BrCl2NO/c14-7-10-5-11(15)6-12(16)13(10)18-8-9-1-3-17-4-2-9/h1-6H,7-8H2. The number of alkyl halides is 1. The fourth-order valence-electron chi connectivity index (χ4n) is 1.51. The van der Waals surface area contributed by atoms with Gasteiger partial charge in [-0.15, -0.1) is 0 Å². The van der Waals surface area contributed by atoms with Crippen molar-refractivity contribution in [1.82, 2.24) is 4.98 Å². The highest BCUT2D eigenvalue weighted by atomic mass is 79.9. The van der Waals surface area contributed by atoms with Crippen LogP contribution < -0.4 is 4.74 Å². The fourth-order valence-corrected chi connectivity index (χ4v) is 2.52. The summed E-state index contributed by atoms with van der Waals surface area (Å²) in [4.78, 5) is 3.96. The lowest BCUT2D eigenvalue weighted by molar-refractivity contribution is 0.304. The van der Waals surface area contributed by atoms with Gasteiger partial charge in [0.2, 0.25) is 0 Å². The molecule has 1 aromatic heterocycles. The fraction of sp³-hybridized carbons (Fsp3) is 0.154. The first-order valence-electron chi connectivity index (χ1n) is 5.26. The Morgan fingerprint density at radius 3 is 2.56 bits per heavy atom. The van der Waals surface area contributed by atoms with Crippen molar-refractivity contribution >= 4 is 39.1 Å². The first-order chi connectivity index (χ1) is 8.70. The minimum Gasteiger partial charge on any atom is -0.487 e. The van der Waals surface area contributed by atoms with Crippen molar-refractivity contribution in [2.24, 2.45) is 0 Å². The molecule has 0 radical (unpaired) electrons. The molecule has 0 bridgehead atoms. The highest BCUT2D eigenvalue weighted by Gasteiger charge is 2.10. The molecule has 0 spiro atoms. The summed E-state index contributed by atoms with van der Waals surface area (Å²) in [5, 5.41) is 1.76. The van der Waals surface area contributed by atoms with Gasteiger partial charge in [-0.25, -0.2) is 0 Å². The van der Waals surface area contributed by atoms with Crippen LogP contribution in [-0.4, -0.2) is 4.98 Å². The zero-order valence-electron chi connectivity index (χ0n) is 9.37. The van der Waals surface area contributed by atoms with E-state index >= 15 is 0 Å². The van der Waals surface area contributed by atoms with E-state index in [9.17, 15) is 0 Å². The molecule has 2 rings (SSSR count). The van der Waals surface area contributed by atoms with Crippen LogP contribution in [0.2, 0.25) is 10.0 Å². The quantitative estimate of drug-likeness (QED) is 0.737. The average molecular weight is 347 g/mol. The van der Waals surface area contributed by atoms with Gasteiger partial charge in [-0.1, -0.05) is 39.1 Å². The van der Waals surface area contributed by atoms with E-state index in [1.54, 1.807) is 18.5 Å². The molecule has 0 aliphatic rings. The van der Waals surface area contributed by atoms with E-state index < -0.39 is 0 Å². The van der Waals surface area contributed by atoms with Crippen molar-refractivity contribution in [3.63, 3.8) is 0 Å². The molecule has 0 N–H and O–H groups in total. The molecule has 1 heterocycles. The highest BCUT2D eigenvalue weighted by molar-refractivity contribution is 9.08. The molecule has 18 heavy (non-hydrogen) atoms. The topological polar surface area (TPSA) is 22.1 Å². The van der Waals surface area contributed by atoms with Crippen LogP contribution in [0.25, 0.3) is 0 Å². The number of hydrogen-bond acceptors (Lipinski definition) is 2. The molecular formula is C13H10BrCl2NO. The summed E-state index contributed by atoms with van der Waals surface area (Å²) in [6, 6.07) is 7.32. The summed E-state index contributed by atoms with van der Waals surface area (Å²) < 4.78 is 5.75. The van der Waals surface area contributed by atoms with Crippen molar-refractivity contribution in [2.45, 2.75) is 11.9 Å². The SMILES string of the molecule is Clc1cc(Cl)c(OCc2ccncc2)c(CBr)c1. The molecule has 5 heteroatoms. The third kappa shape index (κ3) is 3.37. The van der Waals surface area contributed by atoms with Crippen LogP contribution in [0, 0.1) is 0 Å². The summed E-state index contributed by atoms with van der Waals surface area (Å²) >= 11 is 15.5. The molecule has 0 fully saturated rings. The number of rotatable bonds is 4. The Morgan fingerprint density at radius 2 is 1.89 bits per heavy atom. The first-order valence-corrected chi connectivity index (χ1v) is 7.14.